The lowest BCUT2D eigenvalue weighted by Gasteiger charge is -2.19. The lowest BCUT2D eigenvalue weighted by molar-refractivity contribution is -0.114. The topological polar surface area (TPSA) is 76.9 Å². The maximum Gasteiger partial charge on any atom is 0.221 e. The van der Waals surface area contributed by atoms with Crippen molar-refractivity contribution >= 4 is 29.1 Å². The normalized spacial score (nSPS) is 11.2. The quantitative estimate of drug-likeness (QED) is 0.285. The van der Waals surface area contributed by atoms with E-state index in [0.29, 0.717) is 23.0 Å². The van der Waals surface area contributed by atoms with Crippen LogP contribution < -0.4 is 5.32 Å². The van der Waals surface area contributed by atoms with Crippen LogP contribution in [0.1, 0.15) is 43.6 Å². The van der Waals surface area contributed by atoms with Crippen LogP contribution in [0.2, 0.25) is 0 Å². The van der Waals surface area contributed by atoms with Crippen LogP contribution in [0.5, 0.6) is 0 Å². The molecular weight excluding hydrogens is 420 g/mol. The molecule has 0 saturated carbocycles. The van der Waals surface area contributed by atoms with Crippen LogP contribution in [0.25, 0.3) is 11.4 Å². The minimum absolute atomic E-state index is 0.0198. The van der Waals surface area contributed by atoms with Gasteiger partial charge in [0.2, 0.25) is 5.91 Å². The smallest absolute Gasteiger partial charge is 0.221 e. The summed E-state index contributed by atoms with van der Waals surface area (Å²) >= 11 is 1.35. The van der Waals surface area contributed by atoms with Gasteiger partial charge in [-0.05, 0) is 35.2 Å². The summed E-state index contributed by atoms with van der Waals surface area (Å²) < 4.78 is 1.97. The molecule has 6 nitrogen and oxygen atoms in total. The van der Waals surface area contributed by atoms with Crippen molar-refractivity contribution in [3.05, 3.63) is 72.3 Å². The van der Waals surface area contributed by atoms with E-state index in [4.69, 9.17) is 0 Å². The van der Waals surface area contributed by atoms with Gasteiger partial charge in [0.25, 0.3) is 0 Å². The fourth-order valence-corrected chi connectivity index (χ4v) is 4.02. The van der Waals surface area contributed by atoms with Gasteiger partial charge in [-0.2, -0.15) is 0 Å². The molecule has 0 unspecified atom stereocenters. The van der Waals surface area contributed by atoms with Gasteiger partial charge in [0.05, 0.1) is 5.75 Å². The average Bonchev–Trinajstić information content (AvgIpc) is 3.14. The lowest BCUT2D eigenvalue weighted by atomic mass is 9.87. The summed E-state index contributed by atoms with van der Waals surface area (Å²) in [4.78, 5) is 23.8. The van der Waals surface area contributed by atoms with E-state index in [1.807, 2.05) is 4.57 Å². The van der Waals surface area contributed by atoms with Crippen LogP contribution in [-0.4, -0.2) is 32.2 Å². The molecule has 0 fully saturated rings. The highest BCUT2D eigenvalue weighted by molar-refractivity contribution is 7.99. The number of ketones is 1. The fourth-order valence-electron chi connectivity index (χ4n) is 3.18. The number of hydrogen-bond acceptors (Lipinski definition) is 5. The van der Waals surface area contributed by atoms with E-state index in [2.05, 4.69) is 67.1 Å². The van der Waals surface area contributed by atoms with Crippen molar-refractivity contribution in [2.75, 3.05) is 11.1 Å². The first-order chi connectivity index (χ1) is 15.2. The molecular formula is C25H28N4O2S. The molecule has 166 valence electrons. The third-order valence-corrected chi connectivity index (χ3v) is 5.86. The van der Waals surface area contributed by atoms with E-state index >= 15 is 0 Å². The van der Waals surface area contributed by atoms with Gasteiger partial charge in [-0.3, -0.25) is 14.2 Å². The van der Waals surface area contributed by atoms with E-state index in [-0.39, 0.29) is 22.9 Å². The van der Waals surface area contributed by atoms with E-state index < -0.39 is 0 Å². The monoisotopic (exact) mass is 448 g/mol. The van der Waals surface area contributed by atoms with E-state index in [1.54, 1.807) is 30.3 Å². The standard InChI is InChI=1S/C25H28N4O2S/c1-6-15-29-23(19-7-11-20(12-8-19)25(3,4)5)27-28-24(29)32-16-22(31)18-9-13-21(14-10-18)26-17(2)30/h6-14H,1,15-16H2,2-5H3,(H,26,30). The number of rotatable bonds is 8. The number of anilines is 1. The summed E-state index contributed by atoms with van der Waals surface area (Å²) in [5.74, 6) is 0.816. The van der Waals surface area contributed by atoms with Crippen molar-refractivity contribution in [1.29, 1.82) is 0 Å². The molecule has 1 N–H and O–H groups in total. The average molecular weight is 449 g/mol. The van der Waals surface area contributed by atoms with Crippen molar-refractivity contribution in [3.63, 3.8) is 0 Å². The second-order valence-corrected chi connectivity index (χ2v) is 9.45. The molecule has 7 heteroatoms. The maximum atomic E-state index is 12.6. The van der Waals surface area contributed by atoms with Gasteiger partial charge >= 0.3 is 0 Å². The molecule has 0 saturated heterocycles. The predicted molar refractivity (Wildman–Crippen MR) is 130 cm³/mol. The molecule has 0 atom stereocenters. The highest BCUT2D eigenvalue weighted by atomic mass is 32.2. The van der Waals surface area contributed by atoms with Crippen molar-refractivity contribution in [2.24, 2.45) is 0 Å². The zero-order valence-electron chi connectivity index (χ0n) is 18.9. The molecule has 0 spiro atoms. The Morgan fingerprint density at radius 2 is 1.72 bits per heavy atom. The number of amides is 1. The largest absolute Gasteiger partial charge is 0.326 e. The number of nitrogens with zero attached hydrogens (tertiary/aromatic N) is 3. The SMILES string of the molecule is C=CCn1c(SCC(=O)c2ccc(NC(C)=O)cc2)nnc1-c1ccc(C(C)(C)C)cc1. The van der Waals surface area contributed by atoms with Crippen LogP contribution in [0.3, 0.4) is 0 Å². The number of carbonyl (C=O) groups excluding carboxylic acids is 2. The number of hydrogen-bond donors (Lipinski definition) is 1. The molecule has 0 radical (unpaired) electrons. The first-order valence-corrected chi connectivity index (χ1v) is 11.4. The molecule has 1 aromatic heterocycles. The zero-order valence-corrected chi connectivity index (χ0v) is 19.7. The predicted octanol–water partition coefficient (Wildman–Crippen LogP) is 5.36. The molecule has 3 aromatic rings. The molecule has 0 aliphatic carbocycles. The third kappa shape index (κ3) is 5.73. The van der Waals surface area contributed by atoms with E-state index in [0.717, 1.165) is 11.4 Å². The second-order valence-electron chi connectivity index (χ2n) is 8.50. The zero-order chi connectivity index (χ0) is 23.3. The lowest BCUT2D eigenvalue weighted by Crippen LogP contribution is -2.10. The molecule has 0 aliphatic rings. The first-order valence-electron chi connectivity index (χ1n) is 10.4. The highest BCUT2D eigenvalue weighted by Gasteiger charge is 2.17. The van der Waals surface area contributed by atoms with Gasteiger partial charge in [0.15, 0.2) is 16.8 Å². The Morgan fingerprint density at radius 3 is 2.28 bits per heavy atom. The number of thioether (sulfide) groups is 1. The van der Waals surface area contributed by atoms with Gasteiger partial charge in [-0.25, -0.2) is 0 Å². The number of allylic oxidation sites excluding steroid dienone is 1. The van der Waals surface area contributed by atoms with Gasteiger partial charge < -0.3 is 5.32 Å². The van der Waals surface area contributed by atoms with Crippen LogP contribution in [0.4, 0.5) is 5.69 Å². The highest BCUT2D eigenvalue weighted by Crippen LogP contribution is 2.28. The molecule has 32 heavy (non-hydrogen) atoms. The summed E-state index contributed by atoms with van der Waals surface area (Å²) in [5.41, 5.74) is 3.54. The molecule has 1 amide bonds. The number of nitrogens with one attached hydrogen (secondary N) is 1. The summed E-state index contributed by atoms with van der Waals surface area (Å²) in [5, 5.41) is 12.1. The van der Waals surface area contributed by atoms with Gasteiger partial charge in [0.1, 0.15) is 0 Å². The van der Waals surface area contributed by atoms with E-state index in [9.17, 15) is 9.59 Å². The molecule has 0 aliphatic heterocycles. The molecule has 3 rings (SSSR count). The summed E-state index contributed by atoms with van der Waals surface area (Å²) in [6.45, 7) is 12.4. The summed E-state index contributed by atoms with van der Waals surface area (Å²) in [6, 6.07) is 15.2. The Kier molecular flexibility index (Phi) is 7.30. The Bertz CT molecular complexity index is 1110. The van der Waals surface area contributed by atoms with Crippen molar-refractivity contribution < 1.29 is 9.59 Å². The second kappa shape index (κ2) is 9.96. The molecule has 0 bridgehead atoms. The minimum atomic E-state index is -0.148. The van der Waals surface area contributed by atoms with Crippen LogP contribution in [0.15, 0.2) is 66.3 Å². The summed E-state index contributed by atoms with van der Waals surface area (Å²) in [7, 11) is 0. The van der Waals surface area contributed by atoms with Crippen molar-refractivity contribution in [3.8, 4) is 11.4 Å². The van der Waals surface area contributed by atoms with Crippen LogP contribution in [0, 0.1) is 0 Å². The third-order valence-electron chi connectivity index (χ3n) is 4.90. The van der Waals surface area contributed by atoms with Crippen LogP contribution >= 0.6 is 11.8 Å². The molecule has 1 heterocycles. The number of carbonyl (C=O) groups is 2. The number of benzene rings is 2. The van der Waals surface area contributed by atoms with Crippen LogP contribution in [-0.2, 0) is 16.8 Å². The van der Waals surface area contributed by atoms with Gasteiger partial charge in [-0.15, -0.1) is 16.8 Å². The first kappa shape index (κ1) is 23.5. The summed E-state index contributed by atoms with van der Waals surface area (Å²) in [6.07, 6.45) is 1.79. The van der Waals surface area contributed by atoms with Crippen molar-refractivity contribution in [2.45, 2.75) is 44.8 Å². The fraction of sp³-hybridized carbons (Fsp3) is 0.280. The minimum Gasteiger partial charge on any atom is -0.326 e. The Balaban J connectivity index is 1.74. The Labute approximate surface area is 193 Å². The van der Waals surface area contributed by atoms with E-state index in [1.165, 1.54) is 24.2 Å². The van der Waals surface area contributed by atoms with Gasteiger partial charge in [0, 0.05) is 30.3 Å². The Hall–Kier alpha value is -3.19. The number of aromatic nitrogens is 3. The Morgan fingerprint density at radius 1 is 1.06 bits per heavy atom. The number of Topliss-reactive ketones (excluding diaryl/α,β-unsaturated/α-hetero) is 1. The molecule has 2 aromatic carbocycles. The van der Waals surface area contributed by atoms with Gasteiger partial charge in [-0.1, -0.05) is 62.9 Å². The van der Waals surface area contributed by atoms with Crippen molar-refractivity contribution in [1.82, 2.24) is 14.8 Å². The maximum absolute atomic E-state index is 12.6.